The Balaban J connectivity index is 1.34. The Morgan fingerprint density at radius 2 is 1.79 bits per heavy atom. The molecule has 1 aliphatic heterocycles. The smallest absolute Gasteiger partial charge is 0.220 e. The van der Waals surface area contributed by atoms with Gasteiger partial charge in [0.05, 0.1) is 0 Å². The van der Waals surface area contributed by atoms with Crippen LogP contribution in [0, 0.1) is 17.8 Å². The van der Waals surface area contributed by atoms with Crippen LogP contribution >= 0.6 is 0 Å². The summed E-state index contributed by atoms with van der Waals surface area (Å²) in [5, 5.41) is 3.11. The summed E-state index contributed by atoms with van der Waals surface area (Å²) in [4.78, 5) is 14.5. The zero-order valence-electron chi connectivity index (χ0n) is 17.1. The maximum absolute atomic E-state index is 12.0. The fourth-order valence-electron chi connectivity index (χ4n) is 4.08. The van der Waals surface area contributed by atoms with Crippen molar-refractivity contribution in [3.05, 3.63) is 71.3 Å². The summed E-state index contributed by atoms with van der Waals surface area (Å²) in [5.74, 6) is 7.52. The third-order valence-corrected chi connectivity index (χ3v) is 5.85. The van der Waals surface area contributed by atoms with Crippen LogP contribution in [0.2, 0.25) is 0 Å². The molecule has 1 saturated heterocycles. The molecule has 1 atom stereocenters. The van der Waals surface area contributed by atoms with Gasteiger partial charge < -0.3 is 5.32 Å². The van der Waals surface area contributed by atoms with Gasteiger partial charge in [0, 0.05) is 36.7 Å². The second kappa shape index (κ2) is 9.76. The summed E-state index contributed by atoms with van der Waals surface area (Å²) >= 11 is 0. The van der Waals surface area contributed by atoms with E-state index in [1.807, 2.05) is 30.3 Å². The van der Waals surface area contributed by atoms with E-state index in [-0.39, 0.29) is 5.91 Å². The monoisotopic (exact) mass is 386 g/mol. The first-order chi connectivity index (χ1) is 14.3. The van der Waals surface area contributed by atoms with E-state index in [1.54, 1.807) is 0 Å². The van der Waals surface area contributed by atoms with Crippen LogP contribution in [0.4, 0.5) is 0 Å². The predicted octanol–water partition coefficient (Wildman–Crippen LogP) is 4.36. The normalized spacial score (nSPS) is 19.2. The lowest BCUT2D eigenvalue weighted by Gasteiger charge is -2.33. The summed E-state index contributed by atoms with van der Waals surface area (Å²) in [5.41, 5.74) is 3.45. The van der Waals surface area contributed by atoms with Gasteiger partial charge in [0.25, 0.3) is 0 Å². The molecule has 2 aliphatic rings. The van der Waals surface area contributed by atoms with E-state index in [4.69, 9.17) is 0 Å². The Morgan fingerprint density at radius 3 is 2.62 bits per heavy atom. The van der Waals surface area contributed by atoms with Crippen molar-refractivity contribution in [3.63, 3.8) is 0 Å². The molecule has 2 fully saturated rings. The maximum Gasteiger partial charge on any atom is 0.220 e. The average molecular weight is 387 g/mol. The lowest BCUT2D eigenvalue weighted by atomic mass is 9.92. The molecule has 29 heavy (non-hydrogen) atoms. The summed E-state index contributed by atoms with van der Waals surface area (Å²) in [6.45, 7) is 3.15. The second-order valence-electron chi connectivity index (χ2n) is 8.40. The summed E-state index contributed by atoms with van der Waals surface area (Å²) in [6, 6.07) is 19.1. The van der Waals surface area contributed by atoms with Gasteiger partial charge >= 0.3 is 0 Å². The fraction of sp³-hybridized carbons (Fsp3) is 0.423. The number of piperidine rings is 1. The minimum absolute atomic E-state index is 0.242. The Hall–Kier alpha value is -2.57. The molecule has 1 saturated carbocycles. The quantitative estimate of drug-likeness (QED) is 0.748. The lowest BCUT2D eigenvalue weighted by Crippen LogP contribution is -2.36. The van der Waals surface area contributed by atoms with Crippen LogP contribution in [0.3, 0.4) is 0 Å². The highest BCUT2D eigenvalue weighted by atomic mass is 16.1. The summed E-state index contributed by atoms with van der Waals surface area (Å²) in [7, 11) is 0. The minimum atomic E-state index is 0.242. The lowest BCUT2D eigenvalue weighted by molar-refractivity contribution is -0.121. The average Bonchev–Trinajstić information content (AvgIpc) is 3.57. The Bertz CT molecular complexity index is 876. The number of nitrogens with zero attached hydrogens (tertiary/aromatic N) is 1. The molecule has 1 N–H and O–H groups in total. The number of amides is 1. The molecule has 0 radical (unpaired) electrons. The molecule has 2 aromatic carbocycles. The number of nitrogens with one attached hydrogen (secondary N) is 1. The van der Waals surface area contributed by atoms with Gasteiger partial charge in [-0.25, -0.2) is 0 Å². The highest BCUT2D eigenvalue weighted by Gasteiger charge is 2.25. The van der Waals surface area contributed by atoms with E-state index < -0.39 is 0 Å². The number of carbonyl (C=O) groups excluding carboxylic acids is 1. The third-order valence-electron chi connectivity index (χ3n) is 5.85. The number of benzene rings is 2. The van der Waals surface area contributed by atoms with E-state index in [1.165, 1.54) is 18.4 Å². The largest absolute Gasteiger partial charge is 0.353 e. The van der Waals surface area contributed by atoms with Crippen molar-refractivity contribution in [1.82, 2.24) is 10.2 Å². The topological polar surface area (TPSA) is 32.3 Å². The maximum atomic E-state index is 12.0. The number of carbonyl (C=O) groups is 1. The van der Waals surface area contributed by atoms with Crippen molar-refractivity contribution >= 4 is 5.91 Å². The van der Waals surface area contributed by atoms with Gasteiger partial charge in [-0.1, -0.05) is 48.2 Å². The SMILES string of the molecule is O=C(CCC1CCCN(Cc2ccccc2C#Cc2ccccc2)C1)NC1CC1. The molecular weight excluding hydrogens is 356 g/mol. The van der Waals surface area contributed by atoms with Gasteiger partial charge in [0.1, 0.15) is 0 Å². The molecule has 1 heterocycles. The van der Waals surface area contributed by atoms with E-state index in [0.717, 1.165) is 50.0 Å². The van der Waals surface area contributed by atoms with Gasteiger partial charge in [0.15, 0.2) is 0 Å². The van der Waals surface area contributed by atoms with Crippen LogP contribution in [-0.2, 0) is 11.3 Å². The van der Waals surface area contributed by atoms with Crippen LogP contribution in [0.25, 0.3) is 0 Å². The first kappa shape index (κ1) is 19.7. The van der Waals surface area contributed by atoms with Gasteiger partial charge in [-0.2, -0.15) is 0 Å². The van der Waals surface area contributed by atoms with Crippen molar-refractivity contribution < 1.29 is 4.79 Å². The van der Waals surface area contributed by atoms with E-state index in [9.17, 15) is 4.79 Å². The van der Waals surface area contributed by atoms with E-state index in [0.29, 0.717) is 18.4 Å². The second-order valence-corrected chi connectivity index (χ2v) is 8.40. The van der Waals surface area contributed by atoms with Crippen LogP contribution in [0.5, 0.6) is 0 Å². The highest BCUT2D eigenvalue weighted by Crippen LogP contribution is 2.24. The van der Waals surface area contributed by atoms with Crippen molar-refractivity contribution in [3.8, 4) is 11.8 Å². The van der Waals surface area contributed by atoms with Crippen molar-refractivity contribution in [2.75, 3.05) is 13.1 Å². The highest BCUT2D eigenvalue weighted by molar-refractivity contribution is 5.76. The summed E-state index contributed by atoms with van der Waals surface area (Å²) in [6.07, 6.45) is 6.46. The third kappa shape index (κ3) is 6.21. The van der Waals surface area contributed by atoms with Crippen LogP contribution in [0.1, 0.15) is 55.2 Å². The van der Waals surface area contributed by atoms with Crippen molar-refractivity contribution in [1.29, 1.82) is 0 Å². The van der Waals surface area contributed by atoms with Crippen LogP contribution in [-0.4, -0.2) is 29.9 Å². The van der Waals surface area contributed by atoms with E-state index >= 15 is 0 Å². The zero-order valence-corrected chi connectivity index (χ0v) is 17.1. The minimum Gasteiger partial charge on any atom is -0.353 e. The van der Waals surface area contributed by atoms with Gasteiger partial charge in [0.2, 0.25) is 5.91 Å². The zero-order chi connectivity index (χ0) is 19.9. The molecule has 0 spiro atoms. The standard InChI is InChI=1S/C26H30N2O/c29-26(27-25-15-16-25)17-13-22-9-6-18-28(19-22)20-24-11-5-4-10-23(24)14-12-21-7-2-1-3-8-21/h1-5,7-8,10-11,22,25H,6,9,13,15-20H2,(H,27,29). The molecule has 0 aromatic heterocycles. The van der Waals surface area contributed by atoms with Crippen molar-refractivity contribution in [2.45, 2.75) is 51.1 Å². The first-order valence-electron chi connectivity index (χ1n) is 10.9. The molecule has 1 unspecified atom stereocenters. The Labute approximate surface area is 174 Å². The Kier molecular flexibility index (Phi) is 6.64. The predicted molar refractivity (Wildman–Crippen MR) is 117 cm³/mol. The molecule has 0 bridgehead atoms. The molecule has 3 nitrogen and oxygen atoms in total. The van der Waals surface area contributed by atoms with Gasteiger partial charge in [-0.15, -0.1) is 0 Å². The van der Waals surface area contributed by atoms with Gasteiger partial charge in [-0.05, 0) is 68.3 Å². The molecular formula is C26H30N2O. The Morgan fingerprint density at radius 1 is 1.00 bits per heavy atom. The number of likely N-dealkylation sites (tertiary alicyclic amines) is 1. The molecule has 4 rings (SSSR count). The first-order valence-corrected chi connectivity index (χ1v) is 10.9. The molecule has 3 heteroatoms. The summed E-state index contributed by atoms with van der Waals surface area (Å²) < 4.78 is 0. The number of hydrogen-bond acceptors (Lipinski definition) is 2. The van der Waals surface area contributed by atoms with E-state index in [2.05, 4.69) is 46.3 Å². The van der Waals surface area contributed by atoms with Gasteiger partial charge in [-0.3, -0.25) is 9.69 Å². The van der Waals surface area contributed by atoms with Crippen LogP contribution in [0.15, 0.2) is 54.6 Å². The number of hydrogen-bond donors (Lipinski definition) is 1. The fourth-order valence-corrected chi connectivity index (χ4v) is 4.08. The van der Waals surface area contributed by atoms with Crippen molar-refractivity contribution in [2.24, 2.45) is 5.92 Å². The molecule has 150 valence electrons. The molecule has 1 amide bonds. The molecule has 1 aliphatic carbocycles. The molecule has 2 aromatic rings. The number of rotatable bonds is 6. The van der Waals surface area contributed by atoms with Crippen LogP contribution < -0.4 is 5.32 Å².